The molecule has 0 aliphatic carbocycles. The van der Waals surface area contributed by atoms with E-state index < -0.39 is 5.54 Å². The van der Waals surface area contributed by atoms with Crippen LogP contribution in [0.3, 0.4) is 0 Å². The van der Waals surface area contributed by atoms with Crippen molar-refractivity contribution < 1.29 is 14.7 Å². The number of hydrogen-bond acceptors (Lipinski definition) is 3. The van der Waals surface area contributed by atoms with Crippen molar-refractivity contribution in [1.29, 1.82) is 0 Å². The molecule has 0 aromatic carbocycles. The highest BCUT2D eigenvalue weighted by atomic mass is 16.3. The monoisotopic (exact) mass is 214 g/mol. The van der Waals surface area contributed by atoms with Crippen molar-refractivity contribution in [3.63, 3.8) is 0 Å². The number of carbonyl (C=O) groups excluding carboxylic acids is 2. The maximum absolute atomic E-state index is 11.6. The van der Waals surface area contributed by atoms with Gasteiger partial charge in [-0.3, -0.25) is 10.1 Å². The van der Waals surface area contributed by atoms with Crippen LogP contribution in [0.15, 0.2) is 0 Å². The minimum Gasteiger partial charge on any atom is -0.396 e. The second kappa shape index (κ2) is 4.61. The Kier molecular flexibility index (Phi) is 3.68. The first-order chi connectivity index (χ1) is 7.06. The van der Waals surface area contributed by atoms with Gasteiger partial charge in [0, 0.05) is 13.2 Å². The van der Waals surface area contributed by atoms with E-state index in [4.69, 9.17) is 5.11 Å². The molecule has 3 amide bonds. The number of nitrogens with one attached hydrogen (secondary N) is 1. The lowest BCUT2D eigenvalue weighted by Crippen LogP contribution is -2.46. The number of aliphatic hydroxyl groups is 1. The molecule has 0 bridgehead atoms. The zero-order valence-electron chi connectivity index (χ0n) is 9.25. The second-order valence-electron chi connectivity index (χ2n) is 3.97. The third-order valence-electron chi connectivity index (χ3n) is 3.03. The van der Waals surface area contributed by atoms with Crippen LogP contribution in [0.4, 0.5) is 4.79 Å². The molecule has 86 valence electrons. The van der Waals surface area contributed by atoms with Gasteiger partial charge in [-0.05, 0) is 26.2 Å². The molecule has 1 fully saturated rings. The third kappa shape index (κ3) is 2.12. The van der Waals surface area contributed by atoms with E-state index in [2.05, 4.69) is 5.32 Å². The van der Waals surface area contributed by atoms with Crippen LogP contribution >= 0.6 is 0 Å². The van der Waals surface area contributed by atoms with Gasteiger partial charge >= 0.3 is 6.03 Å². The van der Waals surface area contributed by atoms with Crippen molar-refractivity contribution in [3.05, 3.63) is 0 Å². The van der Waals surface area contributed by atoms with Crippen LogP contribution in [0.2, 0.25) is 0 Å². The predicted octanol–water partition coefficient (Wildman–Crippen LogP) is 0.479. The fourth-order valence-corrected chi connectivity index (χ4v) is 1.73. The minimum atomic E-state index is -0.716. The van der Waals surface area contributed by atoms with E-state index >= 15 is 0 Å². The van der Waals surface area contributed by atoms with Crippen LogP contribution in [0.1, 0.15) is 33.1 Å². The molecule has 5 heteroatoms. The highest BCUT2D eigenvalue weighted by molar-refractivity contribution is 6.06. The molecule has 2 N–H and O–H groups in total. The number of unbranched alkanes of at least 4 members (excludes halogenated alkanes) is 1. The van der Waals surface area contributed by atoms with E-state index in [0.29, 0.717) is 25.8 Å². The first kappa shape index (κ1) is 12.0. The minimum absolute atomic E-state index is 0.117. The van der Waals surface area contributed by atoms with Crippen molar-refractivity contribution in [3.8, 4) is 0 Å². The summed E-state index contributed by atoms with van der Waals surface area (Å²) >= 11 is 0. The Morgan fingerprint density at radius 1 is 1.40 bits per heavy atom. The van der Waals surface area contributed by atoms with Crippen LogP contribution in [0, 0.1) is 0 Å². The summed E-state index contributed by atoms with van der Waals surface area (Å²) in [5, 5.41) is 11.0. The molecule has 1 aliphatic rings. The van der Waals surface area contributed by atoms with Crippen LogP contribution in [0.25, 0.3) is 0 Å². The summed E-state index contributed by atoms with van der Waals surface area (Å²) in [6, 6.07) is -0.317. The molecule has 1 aliphatic heterocycles. The van der Waals surface area contributed by atoms with E-state index in [1.807, 2.05) is 6.92 Å². The number of urea groups is 1. The molecule has 1 unspecified atom stereocenters. The van der Waals surface area contributed by atoms with E-state index in [1.165, 1.54) is 0 Å². The molecular formula is C10H18N2O3. The maximum Gasteiger partial charge on any atom is 0.325 e. The number of carbonyl (C=O) groups is 2. The number of amides is 3. The Morgan fingerprint density at radius 3 is 2.60 bits per heavy atom. The van der Waals surface area contributed by atoms with Crippen LogP contribution in [-0.4, -0.2) is 40.6 Å². The van der Waals surface area contributed by atoms with Crippen molar-refractivity contribution in [1.82, 2.24) is 10.2 Å². The summed E-state index contributed by atoms with van der Waals surface area (Å²) in [5.41, 5.74) is -0.716. The van der Waals surface area contributed by atoms with Gasteiger partial charge in [0.25, 0.3) is 5.91 Å². The molecule has 0 aromatic heterocycles. The number of nitrogens with zero attached hydrogens (tertiary/aromatic N) is 1. The topological polar surface area (TPSA) is 69.6 Å². The first-order valence-electron chi connectivity index (χ1n) is 5.30. The van der Waals surface area contributed by atoms with Crippen molar-refractivity contribution in [2.24, 2.45) is 0 Å². The third-order valence-corrected chi connectivity index (χ3v) is 3.03. The van der Waals surface area contributed by atoms with Gasteiger partial charge in [0.2, 0.25) is 0 Å². The van der Waals surface area contributed by atoms with Gasteiger partial charge in [-0.2, -0.15) is 0 Å². The molecule has 15 heavy (non-hydrogen) atoms. The van der Waals surface area contributed by atoms with Crippen LogP contribution < -0.4 is 5.32 Å². The van der Waals surface area contributed by atoms with E-state index in [9.17, 15) is 9.59 Å². The normalized spacial score (nSPS) is 25.9. The van der Waals surface area contributed by atoms with Crippen molar-refractivity contribution >= 4 is 11.9 Å². The van der Waals surface area contributed by atoms with E-state index in [-0.39, 0.29) is 18.5 Å². The van der Waals surface area contributed by atoms with Gasteiger partial charge in [0.1, 0.15) is 5.54 Å². The summed E-state index contributed by atoms with van der Waals surface area (Å²) in [4.78, 5) is 24.6. The van der Waals surface area contributed by atoms with Gasteiger partial charge in [-0.15, -0.1) is 0 Å². The zero-order valence-corrected chi connectivity index (χ0v) is 9.25. The summed E-state index contributed by atoms with van der Waals surface area (Å²) < 4.78 is 0. The molecule has 0 saturated carbocycles. The highest BCUT2D eigenvalue weighted by Crippen LogP contribution is 2.25. The first-order valence-corrected chi connectivity index (χ1v) is 5.30. The summed E-state index contributed by atoms with van der Waals surface area (Å²) in [6.07, 6.45) is 1.97. The predicted molar refractivity (Wildman–Crippen MR) is 55.3 cm³/mol. The molecule has 0 aromatic rings. The number of hydrogen-bond donors (Lipinski definition) is 2. The molecule has 1 rings (SSSR count). The Balaban J connectivity index is 2.67. The van der Waals surface area contributed by atoms with Gasteiger partial charge in [-0.1, -0.05) is 6.92 Å². The molecule has 0 spiro atoms. The Morgan fingerprint density at radius 2 is 2.07 bits per heavy atom. The lowest BCUT2D eigenvalue weighted by molar-refractivity contribution is -0.126. The average molecular weight is 214 g/mol. The lowest BCUT2D eigenvalue weighted by atomic mass is 9.97. The molecule has 5 nitrogen and oxygen atoms in total. The molecule has 0 radical (unpaired) electrons. The quantitative estimate of drug-likeness (QED) is 0.516. The Bertz CT molecular complexity index is 267. The second-order valence-corrected chi connectivity index (χ2v) is 3.97. The van der Waals surface area contributed by atoms with Crippen molar-refractivity contribution in [2.45, 2.75) is 38.6 Å². The average Bonchev–Trinajstić information content (AvgIpc) is 2.42. The molecule has 1 saturated heterocycles. The number of aliphatic hydroxyl groups excluding tert-OH is 1. The fraction of sp³-hybridized carbons (Fsp3) is 0.800. The van der Waals surface area contributed by atoms with E-state index in [0.717, 1.165) is 0 Å². The Labute approximate surface area is 89.4 Å². The number of imide groups is 1. The van der Waals surface area contributed by atoms with Crippen LogP contribution in [0.5, 0.6) is 0 Å². The lowest BCUT2D eigenvalue weighted by Gasteiger charge is -2.30. The standard InChI is InChI=1S/C10H18N2O3/c1-3-10(2)8(14)11-9(15)12(10)6-4-5-7-13/h13H,3-7H2,1-2H3,(H,11,14,15). The van der Waals surface area contributed by atoms with Crippen LogP contribution in [-0.2, 0) is 4.79 Å². The van der Waals surface area contributed by atoms with E-state index in [1.54, 1.807) is 11.8 Å². The van der Waals surface area contributed by atoms with Gasteiger partial charge in [-0.25, -0.2) is 4.79 Å². The highest BCUT2D eigenvalue weighted by Gasteiger charge is 2.47. The maximum atomic E-state index is 11.6. The summed E-state index contributed by atoms with van der Waals surface area (Å²) in [5.74, 6) is -0.223. The van der Waals surface area contributed by atoms with Gasteiger partial charge in [0.15, 0.2) is 0 Å². The fourth-order valence-electron chi connectivity index (χ4n) is 1.73. The molecule has 1 heterocycles. The zero-order chi connectivity index (χ0) is 11.5. The summed E-state index contributed by atoms with van der Waals surface area (Å²) in [7, 11) is 0. The number of rotatable bonds is 5. The van der Waals surface area contributed by atoms with Crippen molar-refractivity contribution in [2.75, 3.05) is 13.2 Å². The summed E-state index contributed by atoms with van der Waals surface area (Å²) in [6.45, 7) is 4.29. The molecule has 1 atom stereocenters. The SMILES string of the molecule is CCC1(C)C(=O)NC(=O)N1CCCCO. The van der Waals surface area contributed by atoms with Gasteiger partial charge < -0.3 is 10.0 Å². The van der Waals surface area contributed by atoms with Gasteiger partial charge in [0.05, 0.1) is 0 Å². The largest absolute Gasteiger partial charge is 0.396 e. The Hall–Kier alpha value is -1.10. The molecular weight excluding hydrogens is 196 g/mol. The smallest absolute Gasteiger partial charge is 0.325 e.